The Labute approximate surface area is 183 Å². The summed E-state index contributed by atoms with van der Waals surface area (Å²) < 4.78 is 0. The number of halogens is 1. The average molecular weight is 500 g/mol. The molecule has 1 amide bonds. The van der Waals surface area contributed by atoms with Gasteiger partial charge in [0.05, 0.1) is 13.1 Å². The van der Waals surface area contributed by atoms with Crippen LogP contribution in [0.1, 0.15) is 39.5 Å². The van der Waals surface area contributed by atoms with E-state index in [-0.39, 0.29) is 29.9 Å². The van der Waals surface area contributed by atoms with Crippen molar-refractivity contribution in [1.82, 2.24) is 15.5 Å². The summed E-state index contributed by atoms with van der Waals surface area (Å²) in [6, 6.07) is 12.0. The normalized spacial score (nSPS) is 10.9. The molecule has 1 heterocycles. The minimum atomic E-state index is 0. The Bertz CT molecular complexity index is 741. The molecule has 0 aliphatic heterocycles. The molecule has 0 aliphatic rings. The molecule has 0 saturated heterocycles. The van der Waals surface area contributed by atoms with E-state index in [1.165, 1.54) is 9.75 Å². The molecule has 1 aromatic heterocycles. The lowest BCUT2D eigenvalue weighted by atomic mass is 10.1. The molecule has 0 fully saturated rings. The quantitative estimate of drug-likeness (QED) is 0.345. The molecule has 2 rings (SSSR count). The van der Waals surface area contributed by atoms with Gasteiger partial charge in [0.15, 0.2) is 5.96 Å². The largest absolute Gasteiger partial charge is 0.357 e. The van der Waals surface area contributed by atoms with E-state index < -0.39 is 0 Å². The molecule has 1 aromatic carbocycles. The van der Waals surface area contributed by atoms with Gasteiger partial charge in [0.25, 0.3) is 5.91 Å². The number of rotatable bonds is 7. The van der Waals surface area contributed by atoms with Gasteiger partial charge in [0.2, 0.25) is 0 Å². The van der Waals surface area contributed by atoms with E-state index in [0.717, 1.165) is 31.0 Å². The van der Waals surface area contributed by atoms with Crippen LogP contribution in [-0.2, 0) is 19.5 Å². The first-order chi connectivity index (χ1) is 12.5. The lowest BCUT2D eigenvalue weighted by Gasteiger charge is -2.11. The summed E-state index contributed by atoms with van der Waals surface area (Å²) in [6.45, 7) is 6.38. The third-order valence-corrected chi connectivity index (χ3v) is 5.10. The van der Waals surface area contributed by atoms with Crippen molar-refractivity contribution in [1.29, 1.82) is 0 Å². The average Bonchev–Trinajstić information content (AvgIpc) is 3.12. The molecule has 27 heavy (non-hydrogen) atoms. The molecule has 5 nitrogen and oxygen atoms in total. The van der Waals surface area contributed by atoms with Crippen LogP contribution in [0.2, 0.25) is 0 Å². The molecule has 0 atom stereocenters. The number of guanidine groups is 1. The number of thiophene rings is 1. The minimum absolute atomic E-state index is 0. The zero-order valence-corrected chi connectivity index (χ0v) is 19.6. The molecule has 7 heteroatoms. The van der Waals surface area contributed by atoms with E-state index in [1.54, 1.807) is 19.0 Å². The number of benzene rings is 1. The first-order valence-corrected chi connectivity index (χ1v) is 9.75. The Balaban J connectivity index is 0.00000364. The second kappa shape index (κ2) is 12.0. The fraction of sp³-hybridized carbons (Fsp3) is 0.400. The standard InChI is InChI=1S/C20H28N4OS.HI/c1-5-17-11-12-18(26-17)14-23-20(21-6-2)22-13-15-7-9-16(10-8-15)19(25)24(3)4;/h7-12H,5-6,13-14H2,1-4H3,(H2,21,22,23);1H. The van der Waals surface area contributed by atoms with E-state index in [2.05, 4.69) is 41.6 Å². The van der Waals surface area contributed by atoms with Crippen LogP contribution in [-0.4, -0.2) is 37.4 Å². The van der Waals surface area contributed by atoms with Gasteiger partial charge in [-0.15, -0.1) is 35.3 Å². The summed E-state index contributed by atoms with van der Waals surface area (Å²) in [5, 5.41) is 6.65. The summed E-state index contributed by atoms with van der Waals surface area (Å²) >= 11 is 1.83. The number of nitrogens with zero attached hydrogens (tertiary/aromatic N) is 2. The van der Waals surface area contributed by atoms with E-state index in [9.17, 15) is 4.79 Å². The van der Waals surface area contributed by atoms with E-state index in [1.807, 2.05) is 35.6 Å². The first kappa shape index (κ1) is 23.4. The molecule has 2 aromatic rings. The van der Waals surface area contributed by atoms with Gasteiger partial charge < -0.3 is 15.5 Å². The molecule has 2 N–H and O–H groups in total. The van der Waals surface area contributed by atoms with Crippen LogP contribution in [0.3, 0.4) is 0 Å². The van der Waals surface area contributed by atoms with Gasteiger partial charge in [0.1, 0.15) is 0 Å². The number of carbonyl (C=O) groups excluding carboxylic acids is 1. The van der Waals surface area contributed by atoms with Crippen molar-refractivity contribution in [3.05, 3.63) is 57.3 Å². The zero-order chi connectivity index (χ0) is 18.9. The summed E-state index contributed by atoms with van der Waals surface area (Å²) in [4.78, 5) is 20.9. The number of nitrogens with one attached hydrogen (secondary N) is 2. The Kier molecular flexibility index (Phi) is 10.4. The first-order valence-electron chi connectivity index (χ1n) is 8.93. The molecule has 0 bridgehead atoms. The predicted molar refractivity (Wildman–Crippen MR) is 125 cm³/mol. The van der Waals surface area contributed by atoms with Crippen LogP contribution in [0.15, 0.2) is 41.4 Å². The Morgan fingerprint density at radius 2 is 1.70 bits per heavy atom. The highest BCUT2D eigenvalue weighted by molar-refractivity contribution is 14.0. The second-order valence-corrected chi connectivity index (χ2v) is 7.42. The van der Waals surface area contributed by atoms with Gasteiger partial charge in [-0.1, -0.05) is 19.1 Å². The molecule has 0 aliphatic carbocycles. The van der Waals surface area contributed by atoms with Gasteiger partial charge in [-0.25, -0.2) is 4.99 Å². The smallest absolute Gasteiger partial charge is 0.253 e. The van der Waals surface area contributed by atoms with E-state index >= 15 is 0 Å². The van der Waals surface area contributed by atoms with Crippen LogP contribution < -0.4 is 10.6 Å². The zero-order valence-electron chi connectivity index (χ0n) is 16.4. The highest BCUT2D eigenvalue weighted by Gasteiger charge is 2.07. The van der Waals surface area contributed by atoms with Crippen LogP contribution in [0.5, 0.6) is 0 Å². The fourth-order valence-electron chi connectivity index (χ4n) is 2.40. The molecule has 0 spiro atoms. The maximum absolute atomic E-state index is 11.9. The summed E-state index contributed by atoms with van der Waals surface area (Å²) in [6.07, 6.45) is 1.07. The Morgan fingerprint density at radius 3 is 2.26 bits per heavy atom. The van der Waals surface area contributed by atoms with Gasteiger partial charge in [-0.2, -0.15) is 0 Å². The third kappa shape index (κ3) is 7.50. The van der Waals surface area contributed by atoms with Crippen molar-refractivity contribution in [2.24, 2.45) is 4.99 Å². The molecular formula is C20H29IN4OS. The molecule has 148 valence electrons. The number of hydrogen-bond acceptors (Lipinski definition) is 3. The number of aliphatic imine (C=N–C) groups is 1. The number of aryl methyl sites for hydroxylation is 1. The highest BCUT2D eigenvalue weighted by atomic mass is 127. The fourth-order valence-corrected chi connectivity index (χ4v) is 3.30. The van der Waals surface area contributed by atoms with Crippen molar-refractivity contribution in [3.63, 3.8) is 0 Å². The maximum atomic E-state index is 11.9. The lowest BCUT2D eigenvalue weighted by Crippen LogP contribution is -2.36. The maximum Gasteiger partial charge on any atom is 0.253 e. The number of hydrogen-bond donors (Lipinski definition) is 2. The topological polar surface area (TPSA) is 56.7 Å². The van der Waals surface area contributed by atoms with Crippen molar-refractivity contribution in [3.8, 4) is 0 Å². The van der Waals surface area contributed by atoms with Gasteiger partial charge in [-0.3, -0.25) is 4.79 Å². The SMILES string of the molecule is CCNC(=NCc1ccc(C(=O)N(C)C)cc1)NCc1ccc(CC)s1.I. The molecule has 0 saturated carbocycles. The lowest BCUT2D eigenvalue weighted by molar-refractivity contribution is 0.0827. The molecule has 0 unspecified atom stereocenters. The summed E-state index contributed by atoms with van der Waals surface area (Å²) in [7, 11) is 3.51. The summed E-state index contributed by atoms with van der Waals surface area (Å²) in [5.41, 5.74) is 1.76. The monoisotopic (exact) mass is 500 g/mol. The molecule has 0 radical (unpaired) electrons. The van der Waals surface area contributed by atoms with Crippen molar-refractivity contribution >= 4 is 47.2 Å². The van der Waals surface area contributed by atoms with Crippen molar-refractivity contribution in [2.45, 2.75) is 33.4 Å². The predicted octanol–water partition coefficient (Wildman–Crippen LogP) is 3.89. The van der Waals surface area contributed by atoms with Crippen molar-refractivity contribution < 1.29 is 4.79 Å². The van der Waals surface area contributed by atoms with Crippen LogP contribution in [0, 0.1) is 0 Å². The summed E-state index contributed by atoms with van der Waals surface area (Å²) in [5.74, 6) is 0.810. The van der Waals surface area contributed by atoms with Crippen LogP contribution in [0.4, 0.5) is 0 Å². The van der Waals surface area contributed by atoms with E-state index in [4.69, 9.17) is 0 Å². The van der Waals surface area contributed by atoms with Gasteiger partial charge >= 0.3 is 0 Å². The number of carbonyl (C=O) groups is 1. The van der Waals surface area contributed by atoms with Crippen LogP contribution in [0.25, 0.3) is 0 Å². The molecular weight excluding hydrogens is 471 g/mol. The third-order valence-electron chi connectivity index (χ3n) is 3.87. The van der Waals surface area contributed by atoms with Crippen molar-refractivity contribution in [2.75, 3.05) is 20.6 Å². The van der Waals surface area contributed by atoms with Crippen LogP contribution >= 0.6 is 35.3 Å². The second-order valence-electron chi connectivity index (χ2n) is 6.17. The Morgan fingerprint density at radius 1 is 1.04 bits per heavy atom. The minimum Gasteiger partial charge on any atom is -0.357 e. The van der Waals surface area contributed by atoms with E-state index in [0.29, 0.717) is 12.1 Å². The van der Waals surface area contributed by atoms with Gasteiger partial charge in [0, 0.05) is 36.0 Å². The highest BCUT2D eigenvalue weighted by Crippen LogP contribution is 2.16. The Hall–Kier alpha value is -1.61. The number of amides is 1. The van der Waals surface area contributed by atoms with Gasteiger partial charge in [-0.05, 0) is 43.2 Å².